The van der Waals surface area contributed by atoms with Gasteiger partial charge in [0.15, 0.2) is 0 Å². The molecule has 0 unspecified atom stereocenters. The summed E-state index contributed by atoms with van der Waals surface area (Å²) in [5.41, 5.74) is 0.359. The number of urea groups is 1. The van der Waals surface area contributed by atoms with Gasteiger partial charge in [-0.25, -0.2) is 9.18 Å². The third kappa shape index (κ3) is 4.16. The first kappa shape index (κ1) is 14.7. The zero-order valence-electron chi connectivity index (χ0n) is 11.6. The van der Waals surface area contributed by atoms with Gasteiger partial charge in [0, 0.05) is 25.8 Å². The molecule has 2 amide bonds. The normalized spacial score (nSPS) is 18.6. The molecule has 0 radical (unpaired) electrons. The highest BCUT2D eigenvalue weighted by molar-refractivity contribution is 5.89. The predicted octanol–water partition coefficient (Wildman–Crippen LogP) is 2.64. The Hall–Kier alpha value is -1.69. The van der Waals surface area contributed by atoms with Crippen LogP contribution in [0.15, 0.2) is 18.5 Å². The number of carbonyl (C=O) groups is 1. The second-order valence-electron chi connectivity index (χ2n) is 4.85. The summed E-state index contributed by atoms with van der Waals surface area (Å²) in [6.45, 7) is 3.81. The maximum absolute atomic E-state index is 13.0. The highest BCUT2D eigenvalue weighted by Crippen LogP contribution is 2.15. The summed E-state index contributed by atoms with van der Waals surface area (Å²) < 4.78 is 18.7. The molecule has 1 aromatic heterocycles. The Morgan fingerprint density at radius 2 is 2.40 bits per heavy atom. The van der Waals surface area contributed by atoms with Gasteiger partial charge in [-0.05, 0) is 26.2 Å². The summed E-state index contributed by atoms with van der Waals surface area (Å²) in [4.78, 5) is 17.5. The number of rotatable bonds is 4. The average molecular weight is 281 g/mol. The summed E-state index contributed by atoms with van der Waals surface area (Å²) in [5, 5.41) is 2.65. The first-order valence-electron chi connectivity index (χ1n) is 6.97. The monoisotopic (exact) mass is 281 g/mol. The van der Waals surface area contributed by atoms with Crippen LogP contribution in [0, 0.1) is 5.82 Å². The van der Waals surface area contributed by atoms with Crippen LogP contribution >= 0.6 is 0 Å². The van der Waals surface area contributed by atoms with E-state index >= 15 is 0 Å². The van der Waals surface area contributed by atoms with Gasteiger partial charge in [-0.2, -0.15) is 0 Å². The lowest BCUT2D eigenvalue weighted by molar-refractivity contribution is 0.00221. The van der Waals surface area contributed by atoms with Gasteiger partial charge in [-0.15, -0.1) is 0 Å². The molecule has 1 atom stereocenters. The quantitative estimate of drug-likeness (QED) is 0.923. The van der Waals surface area contributed by atoms with Crippen molar-refractivity contribution < 1.29 is 13.9 Å². The minimum absolute atomic E-state index is 0.0973. The van der Waals surface area contributed by atoms with Gasteiger partial charge in [0.2, 0.25) is 0 Å². The number of hydrogen-bond donors (Lipinski definition) is 1. The molecule has 0 spiro atoms. The third-order valence-corrected chi connectivity index (χ3v) is 3.32. The topological polar surface area (TPSA) is 54.5 Å². The summed E-state index contributed by atoms with van der Waals surface area (Å²) >= 11 is 0. The molecule has 110 valence electrons. The van der Waals surface area contributed by atoms with Crippen molar-refractivity contribution in [1.29, 1.82) is 0 Å². The lowest BCUT2D eigenvalue weighted by Gasteiger charge is -2.29. The van der Waals surface area contributed by atoms with Gasteiger partial charge >= 0.3 is 6.03 Å². The van der Waals surface area contributed by atoms with Gasteiger partial charge in [0.25, 0.3) is 0 Å². The van der Waals surface area contributed by atoms with E-state index in [2.05, 4.69) is 10.3 Å². The average Bonchev–Trinajstić information content (AvgIpc) is 2.45. The van der Waals surface area contributed by atoms with Crippen molar-refractivity contribution in [3.05, 3.63) is 24.3 Å². The standard InChI is InChI=1S/C14H20FN3O2/c1-2-18(10-13-5-3-4-6-20-13)14(19)17-12-7-11(15)8-16-9-12/h7-9,13H,2-6,10H2,1H3,(H,17,19)/t13-/m0/s1. The Morgan fingerprint density at radius 1 is 1.55 bits per heavy atom. The molecule has 2 rings (SSSR count). The number of halogens is 1. The van der Waals surface area contributed by atoms with Gasteiger partial charge in [0.1, 0.15) is 5.82 Å². The van der Waals surface area contributed by atoms with Crippen molar-refractivity contribution in [2.45, 2.75) is 32.3 Å². The Morgan fingerprint density at radius 3 is 3.05 bits per heavy atom. The van der Waals surface area contributed by atoms with Crippen molar-refractivity contribution in [1.82, 2.24) is 9.88 Å². The van der Waals surface area contributed by atoms with Crippen LogP contribution in [-0.2, 0) is 4.74 Å². The lowest BCUT2D eigenvalue weighted by atomic mass is 10.1. The molecule has 1 aromatic rings. The number of nitrogens with zero attached hydrogens (tertiary/aromatic N) is 2. The molecule has 20 heavy (non-hydrogen) atoms. The van der Waals surface area contributed by atoms with E-state index in [0.717, 1.165) is 32.1 Å². The molecule has 0 saturated carbocycles. The van der Waals surface area contributed by atoms with Crippen molar-refractivity contribution >= 4 is 11.7 Å². The molecule has 0 aliphatic carbocycles. The molecule has 6 heteroatoms. The fourth-order valence-corrected chi connectivity index (χ4v) is 2.24. The number of likely N-dealkylation sites (N-methyl/N-ethyl adjacent to an activating group) is 1. The molecule has 0 bridgehead atoms. The van der Waals surface area contributed by atoms with Gasteiger partial charge in [-0.1, -0.05) is 0 Å². The lowest BCUT2D eigenvalue weighted by Crippen LogP contribution is -2.41. The second kappa shape index (κ2) is 7.19. The van der Waals surface area contributed by atoms with Crippen LogP contribution < -0.4 is 5.32 Å². The number of ether oxygens (including phenoxy) is 1. The first-order valence-corrected chi connectivity index (χ1v) is 6.97. The van der Waals surface area contributed by atoms with Crippen LogP contribution in [0.2, 0.25) is 0 Å². The van der Waals surface area contributed by atoms with E-state index in [9.17, 15) is 9.18 Å². The van der Waals surface area contributed by atoms with Crippen LogP contribution in [0.1, 0.15) is 26.2 Å². The van der Waals surface area contributed by atoms with Crippen LogP contribution in [0.5, 0.6) is 0 Å². The molecule has 1 aliphatic rings. The molecule has 5 nitrogen and oxygen atoms in total. The van der Waals surface area contributed by atoms with Crippen LogP contribution in [-0.4, -0.2) is 41.7 Å². The molecule has 0 aromatic carbocycles. The molecule has 1 fully saturated rings. The minimum Gasteiger partial charge on any atom is -0.376 e. The summed E-state index contributed by atoms with van der Waals surface area (Å²) in [6.07, 6.45) is 5.82. The minimum atomic E-state index is -0.471. The maximum atomic E-state index is 13.0. The maximum Gasteiger partial charge on any atom is 0.321 e. The fourth-order valence-electron chi connectivity index (χ4n) is 2.24. The smallest absolute Gasteiger partial charge is 0.321 e. The number of carbonyl (C=O) groups excluding carboxylic acids is 1. The SMILES string of the molecule is CCN(C[C@@H]1CCCCO1)C(=O)Nc1cncc(F)c1. The van der Waals surface area contributed by atoms with E-state index in [-0.39, 0.29) is 12.1 Å². The largest absolute Gasteiger partial charge is 0.376 e. The van der Waals surface area contributed by atoms with Gasteiger partial charge in [-0.3, -0.25) is 4.98 Å². The van der Waals surface area contributed by atoms with Crippen molar-refractivity contribution in [3.63, 3.8) is 0 Å². The van der Waals surface area contributed by atoms with Gasteiger partial charge in [0.05, 0.1) is 24.2 Å². The summed E-state index contributed by atoms with van der Waals surface area (Å²) in [6, 6.07) is 0.990. The molecule has 1 saturated heterocycles. The zero-order chi connectivity index (χ0) is 14.4. The Labute approximate surface area is 118 Å². The number of aromatic nitrogens is 1. The Balaban J connectivity index is 1.91. The molecule has 2 heterocycles. The fraction of sp³-hybridized carbons (Fsp3) is 0.571. The van der Waals surface area contributed by atoms with E-state index < -0.39 is 5.82 Å². The van der Waals surface area contributed by atoms with E-state index in [4.69, 9.17) is 4.74 Å². The Bertz CT molecular complexity index is 450. The highest BCUT2D eigenvalue weighted by Gasteiger charge is 2.20. The summed E-state index contributed by atoms with van der Waals surface area (Å²) in [5.74, 6) is -0.471. The predicted molar refractivity (Wildman–Crippen MR) is 74.1 cm³/mol. The molecule has 1 N–H and O–H groups in total. The van der Waals surface area contributed by atoms with E-state index in [1.807, 2.05) is 6.92 Å². The molecule has 1 aliphatic heterocycles. The number of amides is 2. The van der Waals surface area contributed by atoms with Crippen LogP contribution in [0.3, 0.4) is 0 Å². The van der Waals surface area contributed by atoms with E-state index in [1.165, 1.54) is 12.3 Å². The van der Waals surface area contributed by atoms with Crippen molar-refractivity contribution in [2.75, 3.05) is 25.0 Å². The van der Waals surface area contributed by atoms with Gasteiger partial charge < -0.3 is 15.0 Å². The van der Waals surface area contributed by atoms with Crippen molar-refractivity contribution in [2.24, 2.45) is 0 Å². The van der Waals surface area contributed by atoms with E-state index in [1.54, 1.807) is 4.90 Å². The van der Waals surface area contributed by atoms with Crippen LogP contribution in [0.25, 0.3) is 0 Å². The molecular formula is C14H20FN3O2. The van der Waals surface area contributed by atoms with Crippen LogP contribution in [0.4, 0.5) is 14.9 Å². The summed E-state index contributed by atoms with van der Waals surface area (Å²) in [7, 11) is 0. The first-order chi connectivity index (χ1) is 9.69. The number of pyridine rings is 1. The Kier molecular flexibility index (Phi) is 5.29. The number of nitrogens with one attached hydrogen (secondary N) is 1. The highest BCUT2D eigenvalue weighted by atomic mass is 19.1. The zero-order valence-corrected chi connectivity index (χ0v) is 11.6. The van der Waals surface area contributed by atoms with Crippen molar-refractivity contribution in [3.8, 4) is 0 Å². The second-order valence-corrected chi connectivity index (χ2v) is 4.85. The molecular weight excluding hydrogens is 261 g/mol. The number of anilines is 1. The number of hydrogen-bond acceptors (Lipinski definition) is 3. The van der Waals surface area contributed by atoms with E-state index in [0.29, 0.717) is 18.8 Å². The third-order valence-electron chi connectivity index (χ3n) is 3.32.